The van der Waals surface area contributed by atoms with Crippen LogP contribution in [0.15, 0.2) is 22.7 Å². The summed E-state index contributed by atoms with van der Waals surface area (Å²) in [6, 6.07) is 5.62. The molecule has 1 aromatic rings. The van der Waals surface area contributed by atoms with Gasteiger partial charge in [-0.25, -0.2) is 0 Å². The van der Waals surface area contributed by atoms with E-state index >= 15 is 0 Å². The van der Waals surface area contributed by atoms with E-state index < -0.39 is 6.10 Å². The fourth-order valence-electron chi connectivity index (χ4n) is 1.19. The van der Waals surface area contributed by atoms with E-state index in [2.05, 4.69) is 15.9 Å². The fraction of sp³-hybridized carbons (Fsp3) is 0.400. The lowest BCUT2D eigenvalue weighted by Gasteiger charge is -2.13. The highest BCUT2D eigenvalue weighted by molar-refractivity contribution is 9.10. The summed E-state index contributed by atoms with van der Waals surface area (Å²) in [6.45, 7) is 1.94. The van der Waals surface area contributed by atoms with Crippen LogP contribution in [0.1, 0.15) is 25.0 Å². The molecule has 0 amide bonds. The lowest BCUT2D eigenvalue weighted by Crippen LogP contribution is -1.98. The lowest BCUT2D eigenvalue weighted by molar-refractivity contribution is 0.169. The van der Waals surface area contributed by atoms with Gasteiger partial charge in [0, 0.05) is 10.0 Å². The van der Waals surface area contributed by atoms with Gasteiger partial charge in [0.25, 0.3) is 0 Å². The normalized spacial score (nSPS) is 12.6. The summed E-state index contributed by atoms with van der Waals surface area (Å²) in [7, 11) is 1.61. The smallest absolute Gasteiger partial charge is 0.124 e. The molecule has 0 radical (unpaired) electrons. The third-order valence-electron chi connectivity index (χ3n) is 1.94. The maximum Gasteiger partial charge on any atom is 0.124 e. The Labute approximate surface area is 86.7 Å². The first-order chi connectivity index (χ1) is 6.19. The van der Waals surface area contributed by atoms with Crippen LogP contribution in [0.5, 0.6) is 5.75 Å². The number of aliphatic hydroxyl groups excluding tert-OH is 1. The molecule has 0 bridgehead atoms. The third kappa shape index (κ3) is 2.45. The average molecular weight is 245 g/mol. The zero-order valence-electron chi connectivity index (χ0n) is 7.75. The molecule has 2 nitrogen and oxygen atoms in total. The van der Waals surface area contributed by atoms with Crippen LogP contribution in [0.2, 0.25) is 0 Å². The van der Waals surface area contributed by atoms with Crippen molar-refractivity contribution < 1.29 is 9.84 Å². The summed E-state index contributed by atoms with van der Waals surface area (Å²) < 4.78 is 6.10. The van der Waals surface area contributed by atoms with Gasteiger partial charge in [-0.3, -0.25) is 0 Å². The van der Waals surface area contributed by atoms with Gasteiger partial charge in [0.15, 0.2) is 0 Å². The largest absolute Gasteiger partial charge is 0.496 e. The quantitative estimate of drug-likeness (QED) is 0.887. The molecule has 0 fully saturated rings. The molecule has 72 valence electrons. The third-order valence-corrected chi connectivity index (χ3v) is 2.43. The monoisotopic (exact) mass is 244 g/mol. The molecule has 0 unspecified atom stereocenters. The second-order valence-corrected chi connectivity index (χ2v) is 3.73. The topological polar surface area (TPSA) is 29.5 Å². The Bertz CT molecular complexity index is 286. The first-order valence-corrected chi connectivity index (χ1v) is 4.99. The lowest BCUT2D eigenvalue weighted by atomic mass is 10.1. The minimum Gasteiger partial charge on any atom is -0.496 e. The van der Waals surface area contributed by atoms with Crippen LogP contribution in [-0.4, -0.2) is 12.2 Å². The molecular weight excluding hydrogens is 232 g/mol. The summed E-state index contributed by atoms with van der Waals surface area (Å²) in [5.74, 6) is 0.734. The summed E-state index contributed by atoms with van der Waals surface area (Å²) in [5.41, 5.74) is 0.833. The molecule has 0 spiro atoms. The first kappa shape index (κ1) is 10.5. The van der Waals surface area contributed by atoms with Crippen molar-refractivity contribution in [2.45, 2.75) is 19.4 Å². The number of benzene rings is 1. The predicted molar refractivity (Wildman–Crippen MR) is 55.9 cm³/mol. The highest BCUT2D eigenvalue weighted by Gasteiger charge is 2.11. The van der Waals surface area contributed by atoms with Crippen LogP contribution in [0.25, 0.3) is 0 Å². The van der Waals surface area contributed by atoms with Gasteiger partial charge in [-0.15, -0.1) is 0 Å². The van der Waals surface area contributed by atoms with Crippen molar-refractivity contribution in [3.63, 3.8) is 0 Å². The Hall–Kier alpha value is -0.540. The van der Waals surface area contributed by atoms with Gasteiger partial charge >= 0.3 is 0 Å². The highest BCUT2D eigenvalue weighted by atomic mass is 79.9. The van der Waals surface area contributed by atoms with Crippen LogP contribution in [0, 0.1) is 0 Å². The van der Waals surface area contributed by atoms with Gasteiger partial charge in [0.2, 0.25) is 0 Å². The molecule has 0 heterocycles. The van der Waals surface area contributed by atoms with Gasteiger partial charge in [-0.05, 0) is 24.6 Å². The van der Waals surface area contributed by atoms with E-state index in [0.29, 0.717) is 6.42 Å². The minimum absolute atomic E-state index is 0.451. The Kier molecular flexibility index (Phi) is 3.75. The second kappa shape index (κ2) is 4.63. The van der Waals surface area contributed by atoms with Crippen LogP contribution < -0.4 is 4.74 Å². The van der Waals surface area contributed by atoms with E-state index in [-0.39, 0.29) is 0 Å². The molecular formula is C10H13BrO2. The average Bonchev–Trinajstić information content (AvgIpc) is 2.16. The minimum atomic E-state index is -0.451. The molecule has 0 aliphatic rings. The first-order valence-electron chi connectivity index (χ1n) is 4.20. The van der Waals surface area contributed by atoms with Crippen molar-refractivity contribution >= 4 is 15.9 Å². The predicted octanol–water partition coefficient (Wildman–Crippen LogP) is 2.90. The number of hydrogen-bond donors (Lipinski definition) is 1. The van der Waals surface area contributed by atoms with Crippen LogP contribution in [0.3, 0.4) is 0 Å². The van der Waals surface area contributed by atoms with Crippen molar-refractivity contribution in [3.8, 4) is 5.75 Å². The zero-order chi connectivity index (χ0) is 9.84. The molecule has 1 atom stereocenters. The molecule has 0 saturated carbocycles. The Morgan fingerprint density at radius 1 is 1.54 bits per heavy atom. The molecule has 13 heavy (non-hydrogen) atoms. The van der Waals surface area contributed by atoms with E-state index in [0.717, 1.165) is 15.8 Å². The number of rotatable bonds is 3. The van der Waals surface area contributed by atoms with Crippen molar-refractivity contribution in [1.29, 1.82) is 0 Å². The highest BCUT2D eigenvalue weighted by Crippen LogP contribution is 2.29. The van der Waals surface area contributed by atoms with Crippen molar-refractivity contribution in [1.82, 2.24) is 0 Å². The van der Waals surface area contributed by atoms with E-state index in [1.54, 1.807) is 7.11 Å². The molecule has 0 aliphatic heterocycles. The van der Waals surface area contributed by atoms with Gasteiger partial charge in [0.05, 0.1) is 13.2 Å². The number of halogens is 1. The molecule has 1 N–H and O–H groups in total. The molecule has 0 saturated heterocycles. The molecule has 0 aliphatic carbocycles. The van der Waals surface area contributed by atoms with Gasteiger partial charge in [-0.1, -0.05) is 22.9 Å². The summed E-state index contributed by atoms with van der Waals surface area (Å²) >= 11 is 3.36. The number of aliphatic hydroxyl groups is 1. The van der Waals surface area contributed by atoms with Crippen molar-refractivity contribution in [3.05, 3.63) is 28.2 Å². The van der Waals surface area contributed by atoms with Crippen LogP contribution in [0.4, 0.5) is 0 Å². The zero-order valence-corrected chi connectivity index (χ0v) is 9.34. The Morgan fingerprint density at radius 3 is 2.77 bits per heavy atom. The summed E-state index contributed by atoms with van der Waals surface area (Å²) in [5, 5.41) is 9.66. The van der Waals surface area contributed by atoms with E-state index in [1.165, 1.54) is 0 Å². The molecule has 0 aromatic heterocycles. The van der Waals surface area contributed by atoms with Crippen LogP contribution in [-0.2, 0) is 0 Å². The van der Waals surface area contributed by atoms with Crippen LogP contribution >= 0.6 is 15.9 Å². The van der Waals surface area contributed by atoms with Gasteiger partial charge < -0.3 is 9.84 Å². The fourth-order valence-corrected chi connectivity index (χ4v) is 1.56. The molecule has 3 heteroatoms. The Morgan fingerprint density at radius 2 is 2.23 bits per heavy atom. The maximum atomic E-state index is 9.66. The van der Waals surface area contributed by atoms with Crippen molar-refractivity contribution in [2.24, 2.45) is 0 Å². The maximum absolute atomic E-state index is 9.66. The number of hydrogen-bond acceptors (Lipinski definition) is 2. The van der Waals surface area contributed by atoms with Gasteiger partial charge in [-0.2, -0.15) is 0 Å². The molecule has 1 aromatic carbocycles. The number of ether oxygens (including phenoxy) is 1. The second-order valence-electron chi connectivity index (χ2n) is 2.81. The molecule has 1 rings (SSSR count). The Balaban J connectivity index is 3.07. The standard InChI is InChI=1S/C10H13BrO2/c1-3-9(12)8-6-7(11)4-5-10(8)13-2/h4-6,9,12H,3H2,1-2H3/t9-/m1/s1. The van der Waals surface area contributed by atoms with E-state index in [4.69, 9.17) is 4.74 Å². The SMILES string of the molecule is CC[C@@H](O)c1cc(Br)ccc1OC. The van der Waals surface area contributed by atoms with E-state index in [1.807, 2.05) is 25.1 Å². The summed E-state index contributed by atoms with van der Waals surface area (Å²) in [4.78, 5) is 0. The van der Waals surface area contributed by atoms with E-state index in [9.17, 15) is 5.11 Å². The number of methoxy groups -OCH3 is 1. The summed E-state index contributed by atoms with van der Waals surface area (Å²) in [6.07, 6.45) is 0.236. The van der Waals surface area contributed by atoms with Crippen molar-refractivity contribution in [2.75, 3.05) is 7.11 Å². The van der Waals surface area contributed by atoms with Gasteiger partial charge in [0.1, 0.15) is 5.75 Å².